The zero-order valence-corrected chi connectivity index (χ0v) is 22.1. The first-order valence-electron chi connectivity index (χ1n) is 12.7. The fourth-order valence-corrected chi connectivity index (χ4v) is 6.24. The Balaban J connectivity index is 1.59. The molecule has 0 fully saturated rings. The molecule has 8 nitrogen and oxygen atoms in total. The number of benzene rings is 2. The molecule has 36 heavy (non-hydrogen) atoms. The van der Waals surface area contributed by atoms with Crippen molar-refractivity contribution in [1.82, 2.24) is 19.3 Å². The lowest BCUT2D eigenvalue weighted by molar-refractivity contribution is 0.168. The number of aliphatic hydroxyl groups is 1. The second-order valence-corrected chi connectivity index (χ2v) is 11.3. The third-order valence-electron chi connectivity index (χ3n) is 6.95. The van der Waals surface area contributed by atoms with Crippen LogP contribution in [0.25, 0.3) is 0 Å². The molecule has 0 bridgehead atoms. The fourth-order valence-electron chi connectivity index (χ4n) is 4.67. The number of rotatable bonds is 10. The van der Waals surface area contributed by atoms with E-state index in [9.17, 15) is 13.5 Å². The van der Waals surface area contributed by atoms with Crippen molar-refractivity contribution in [1.29, 1.82) is 0 Å². The van der Waals surface area contributed by atoms with E-state index in [0.29, 0.717) is 25.1 Å². The van der Waals surface area contributed by atoms with Crippen molar-refractivity contribution in [2.24, 2.45) is 0 Å². The van der Waals surface area contributed by atoms with Crippen LogP contribution >= 0.6 is 0 Å². The van der Waals surface area contributed by atoms with Gasteiger partial charge in [0.2, 0.25) is 10.0 Å². The summed E-state index contributed by atoms with van der Waals surface area (Å²) in [6.07, 6.45) is 4.68. The Morgan fingerprint density at radius 1 is 1.17 bits per heavy atom. The topological polar surface area (TPSA) is 97.5 Å². The minimum Gasteiger partial charge on any atom is -0.488 e. The van der Waals surface area contributed by atoms with E-state index < -0.39 is 10.0 Å². The van der Waals surface area contributed by atoms with Crippen LogP contribution in [0.1, 0.15) is 61.4 Å². The Kier molecular flexibility index (Phi) is 8.43. The molecule has 0 saturated carbocycles. The first kappa shape index (κ1) is 26.3. The number of aryl methyl sites for hydroxylation is 3. The molecule has 194 valence electrons. The molecule has 0 aliphatic carbocycles. The number of para-hydroxylation sites is 1. The summed E-state index contributed by atoms with van der Waals surface area (Å²) in [7, 11) is -3.72. The van der Waals surface area contributed by atoms with Crippen LogP contribution in [0.5, 0.6) is 5.75 Å². The molecule has 0 radical (unpaired) electrons. The van der Waals surface area contributed by atoms with Gasteiger partial charge in [0, 0.05) is 25.9 Å². The first-order chi connectivity index (χ1) is 17.3. The van der Waals surface area contributed by atoms with Gasteiger partial charge in [0.25, 0.3) is 0 Å². The van der Waals surface area contributed by atoms with Gasteiger partial charge in [0.1, 0.15) is 16.7 Å². The van der Waals surface area contributed by atoms with E-state index in [-0.39, 0.29) is 30.1 Å². The Morgan fingerprint density at radius 2 is 1.97 bits per heavy atom. The van der Waals surface area contributed by atoms with Gasteiger partial charge >= 0.3 is 0 Å². The molecule has 4 rings (SSSR count). The third-order valence-corrected chi connectivity index (χ3v) is 8.80. The van der Waals surface area contributed by atoms with Gasteiger partial charge in [-0.2, -0.15) is 4.31 Å². The highest BCUT2D eigenvalue weighted by molar-refractivity contribution is 7.89. The molecule has 2 aromatic carbocycles. The lowest BCUT2D eigenvalue weighted by Crippen LogP contribution is -2.36. The second-order valence-electron chi connectivity index (χ2n) is 9.39. The largest absolute Gasteiger partial charge is 0.488 e. The highest BCUT2D eigenvalue weighted by atomic mass is 32.2. The highest BCUT2D eigenvalue weighted by Crippen LogP contribution is 2.33. The summed E-state index contributed by atoms with van der Waals surface area (Å²) >= 11 is 0. The second kappa shape index (κ2) is 11.5. The van der Waals surface area contributed by atoms with Gasteiger partial charge in [-0.05, 0) is 74.3 Å². The number of aliphatic hydroxyl groups excluding tert-OH is 1. The van der Waals surface area contributed by atoms with Crippen LogP contribution in [-0.2, 0) is 29.5 Å². The van der Waals surface area contributed by atoms with Crippen molar-refractivity contribution < 1.29 is 18.3 Å². The number of ether oxygens (including phenoxy) is 1. The third kappa shape index (κ3) is 5.79. The molecule has 1 aliphatic rings. The van der Waals surface area contributed by atoms with E-state index in [1.807, 2.05) is 31.6 Å². The van der Waals surface area contributed by atoms with Crippen LogP contribution < -0.4 is 4.74 Å². The van der Waals surface area contributed by atoms with Gasteiger partial charge in [-0.3, -0.25) is 4.68 Å². The molecule has 0 unspecified atom stereocenters. The summed E-state index contributed by atoms with van der Waals surface area (Å²) in [5.41, 5.74) is 4.04. The van der Waals surface area contributed by atoms with Crippen molar-refractivity contribution >= 4 is 10.0 Å². The summed E-state index contributed by atoms with van der Waals surface area (Å²) < 4.78 is 36.6. The highest BCUT2D eigenvalue weighted by Gasteiger charge is 2.34. The number of fused-ring (bicyclic) bond motifs is 1. The molecule has 2 heterocycles. The number of aromatic nitrogens is 3. The Hall–Kier alpha value is -2.75. The quantitative estimate of drug-likeness (QED) is 0.440. The van der Waals surface area contributed by atoms with E-state index >= 15 is 0 Å². The van der Waals surface area contributed by atoms with Crippen molar-refractivity contribution in [2.45, 2.75) is 76.5 Å². The number of sulfonamides is 1. The smallest absolute Gasteiger partial charge is 0.247 e. The molecule has 1 N–H and O–H groups in total. The number of hydrogen-bond donors (Lipinski definition) is 1. The zero-order valence-electron chi connectivity index (χ0n) is 21.3. The molecule has 0 spiro atoms. The SMILES string of the molecule is CC[C@@H]1CN(Cc2cc([C@H](CCO)CCc3cn(CC)nn3)ccc2C)S(=O)(=O)c2ccccc2O1. The predicted octanol–water partition coefficient (Wildman–Crippen LogP) is 4.07. The van der Waals surface area contributed by atoms with Gasteiger partial charge in [0.05, 0.1) is 12.2 Å². The van der Waals surface area contributed by atoms with Crippen LogP contribution in [-0.4, -0.2) is 52.1 Å². The van der Waals surface area contributed by atoms with Gasteiger partial charge in [0.15, 0.2) is 0 Å². The molecule has 9 heteroatoms. The Bertz CT molecular complexity index is 1270. The van der Waals surface area contributed by atoms with Crippen molar-refractivity contribution in [3.8, 4) is 5.75 Å². The van der Waals surface area contributed by atoms with Gasteiger partial charge in [-0.1, -0.05) is 42.5 Å². The summed E-state index contributed by atoms with van der Waals surface area (Å²) in [5.74, 6) is 0.551. The van der Waals surface area contributed by atoms with Gasteiger partial charge in [-0.15, -0.1) is 5.10 Å². The maximum Gasteiger partial charge on any atom is 0.247 e. The lowest BCUT2D eigenvalue weighted by Gasteiger charge is -2.24. The minimum atomic E-state index is -3.72. The van der Waals surface area contributed by atoms with E-state index in [2.05, 4.69) is 28.5 Å². The normalized spacial score (nSPS) is 18.3. The van der Waals surface area contributed by atoms with Crippen LogP contribution in [0.4, 0.5) is 0 Å². The standard InChI is InChI=1S/C27H36N4O4S/c1-4-25-19-31(36(33,34)27-9-7-6-8-26(27)35-25)17-23-16-22(11-10-20(23)3)21(14-15-32)12-13-24-18-30(5-2)29-28-24/h6-11,16,18,21,25,32H,4-5,12-15,17,19H2,1-3H3/t21-,25+/m0/s1. The average molecular weight is 513 g/mol. The molecule has 1 aromatic heterocycles. The first-order valence-corrected chi connectivity index (χ1v) is 14.1. The van der Waals surface area contributed by atoms with E-state index in [1.54, 1.807) is 28.6 Å². The Labute approximate surface area is 214 Å². The predicted molar refractivity (Wildman–Crippen MR) is 138 cm³/mol. The van der Waals surface area contributed by atoms with E-state index in [4.69, 9.17) is 4.74 Å². The maximum atomic E-state index is 13.6. The molecule has 0 saturated heterocycles. The lowest BCUT2D eigenvalue weighted by atomic mass is 9.89. The molecule has 0 amide bonds. The average Bonchev–Trinajstić information content (AvgIpc) is 3.31. The van der Waals surface area contributed by atoms with Crippen LogP contribution in [0.15, 0.2) is 53.6 Å². The Morgan fingerprint density at radius 3 is 2.69 bits per heavy atom. The van der Waals surface area contributed by atoms with E-state index in [0.717, 1.165) is 41.8 Å². The fraction of sp³-hybridized carbons (Fsp3) is 0.481. The molecular weight excluding hydrogens is 476 g/mol. The summed E-state index contributed by atoms with van der Waals surface area (Å²) in [6, 6.07) is 13.1. The minimum absolute atomic E-state index is 0.0856. The molecule has 1 aliphatic heterocycles. The van der Waals surface area contributed by atoms with Crippen molar-refractivity contribution in [2.75, 3.05) is 13.2 Å². The summed E-state index contributed by atoms with van der Waals surface area (Å²) in [6.45, 7) is 7.48. The summed E-state index contributed by atoms with van der Waals surface area (Å²) in [4.78, 5) is 0.216. The van der Waals surface area contributed by atoms with Crippen molar-refractivity contribution in [3.63, 3.8) is 0 Å². The monoisotopic (exact) mass is 512 g/mol. The van der Waals surface area contributed by atoms with Crippen molar-refractivity contribution in [3.05, 3.63) is 71.0 Å². The molecular formula is C27H36N4O4S. The van der Waals surface area contributed by atoms with Gasteiger partial charge < -0.3 is 9.84 Å². The van der Waals surface area contributed by atoms with Crippen LogP contribution in [0.3, 0.4) is 0 Å². The number of nitrogens with zero attached hydrogens (tertiary/aromatic N) is 4. The maximum absolute atomic E-state index is 13.6. The van der Waals surface area contributed by atoms with Crippen LogP contribution in [0.2, 0.25) is 0 Å². The molecule has 2 atom stereocenters. The number of hydrogen-bond acceptors (Lipinski definition) is 6. The molecule has 3 aromatic rings. The summed E-state index contributed by atoms with van der Waals surface area (Å²) in [5, 5.41) is 18.1. The van der Waals surface area contributed by atoms with Crippen LogP contribution in [0, 0.1) is 6.92 Å². The van der Waals surface area contributed by atoms with Gasteiger partial charge in [-0.25, -0.2) is 8.42 Å². The zero-order chi connectivity index (χ0) is 25.7. The van der Waals surface area contributed by atoms with E-state index in [1.165, 1.54) is 0 Å².